The van der Waals surface area contributed by atoms with Gasteiger partial charge in [-0.05, 0) is 19.0 Å². The molecule has 2 atom stereocenters. The fourth-order valence-electron chi connectivity index (χ4n) is 0.834. The Morgan fingerprint density at radius 2 is 2.00 bits per heavy atom. The maximum atomic E-state index is 9.25. The number of aliphatic hydroxyl groups excluding tert-OH is 1. The number of ether oxygens (including phenoxy) is 1. The van der Waals surface area contributed by atoms with Gasteiger partial charge in [0.25, 0.3) is 0 Å². The van der Waals surface area contributed by atoms with Crippen LogP contribution in [0.2, 0.25) is 12.6 Å². The van der Waals surface area contributed by atoms with E-state index in [0.29, 0.717) is 12.8 Å². The molecule has 0 aliphatic rings. The molecule has 0 aromatic rings. The minimum Gasteiger partial charge on any atom is -0.418 e. The van der Waals surface area contributed by atoms with Crippen LogP contribution < -0.4 is 0 Å². The van der Waals surface area contributed by atoms with Crippen LogP contribution in [0.1, 0.15) is 20.3 Å². The lowest BCUT2D eigenvalue weighted by Gasteiger charge is -2.23. The molecule has 3 nitrogen and oxygen atoms in total. The van der Waals surface area contributed by atoms with E-state index < -0.39 is 8.32 Å². The molecule has 0 saturated carbocycles. The van der Waals surface area contributed by atoms with Crippen molar-refractivity contribution in [3.63, 3.8) is 0 Å². The summed E-state index contributed by atoms with van der Waals surface area (Å²) in [5.41, 5.74) is 0. The maximum absolute atomic E-state index is 9.25. The monoisotopic (exact) mass is 206 g/mol. The van der Waals surface area contributed by atoms with Crippen molar-refractivity contribution in [2.45, 2.75) is 39.0 Å². The normalized spacial score (nSPS) is 18.2. The van der Waals surface area contributed by atoms with Crippen LogP contribution in [0.3, 0.4) is 0 Å². The summed E-state index contributed by atoms with van der Waals surface area (Å²) in [4.78, 5) is 0. The lowest BCUT2D eigenvalue weighted by atomic mass is 10.3. The second-order valence-corrected chi connectivity index (χ2v) is 7.89. The summed E-state index contributed by atoms with van der Waals surface area (Å²) in [6.07, 6.45) is 1.10. The van der Waals surface area contributed by atoms with Crippen molar-refractivity contribution in [2.24, 2.45) is 0 Å². The average Bonchev–Trinajstić information content (AvgIpc) is 2.17. The Kier molecular flexibility index (Phi) is 6.58. The highest BCUT2D eigenvalue weighted by atomic mass is 28.4. The molecule has 0 aromatic carbocycles. The minimum atomic E-state index is -1.61. The van der Waals surface area contributed by atoms with Gasteiger partial charge in [-0.2, -0.15) is 0 Å². The lowest BCUT2D eigenvalue weighted by molar-refractivity contribution is 0.0478. The third-order valence-electron chi connectivity index (χ3n) is 2.43. The van der Waals surface area contributed by atoms with Gasteiger partial charge in [0.05, 0.1) is 18.9 Å². The molecule has 0 heterocycles. The van der Waals surface area contributed by atoms with E-state index >= 15 is 0 Å². The zero-order chi connectivity index (χ0) is 10.3. The SMILES string of the molecule is CCC(O)COC[Si](C)(CC)OC. The van der Waals surface area contributed by atoms with E-state index in [-0.39, 0.29) is 6.10 Å². The summed E-state index contributed by atoms with van der Waals surface area (Å²) in [5.74, 6) is 0. The van der Waals surface area contributed by atoms with Crippen molar-refractivity contribution in [1.29, 1.82) is 0 Å². The number of hydrogen-bond donors (Lipinski definition) is 1. The molecular weight excluding hydrogens is 184 g/mol. The Hall–Kier alpha value is 0.0969. The molecule has 0 rings (SSSR count). The van der Waals surface area contributed by atoms with Crippen molar-refractivity contribution < 1.29 is 14.3 Å². The molecule has 0 amide bonds. The highest BCUT2D eigenvalue weighted by Gasteiger charge is 2.25. The van der Waals surface area contributed by atoms with Gasteiger partial charge in [0.2, 0.25) is 8.32 Å². The van der Waals surface area contributed by atoms with E-state index in [1.165, 1.54) is 0 Å². The Bertz CT molecular complexity index is 126. The smallest absolute Gasteiger partial charge is 0.214 e. The molecule has 0 aliphatic carbocycles. The molecule has 0 bridgehead atoms. The van der Waals surface area contributed by atoms with Crippen LogP contribution in [0.4, 0.5) is 0 Å². The molecule has 1 N–H and O–H groups in total. The number of hydrogen-bond acceptors (Lipinski definition) is 3. The van der Waals surface area contributed by atoms with Crippen molar-refractivity contribution >= 4 is 8.32 Å². The Balaban J connectivity index is 3.61. The molecule has 13 heavy (non-hydrogen) atoms. The van der Waals surface area contributed by atoms with Gasteiger partial charge in [0.1, 0.15) is 0 Å². The quantitative estimate of drug-likeness (QED) is 0.642. The molecule has 0 aromatic heterocycles. The summed E-state index contributed by atoms with van der Waals surface area (Å²) >= 11 is 0. The zero-order valence-corrected chi connectivity index (χ0v) is 10.2. The standard InChI is InChI=1S/C9H22O3Si/c1-5-9(10)7-12-8-13(4,6-2)11-3/h9-10H,5-8H2,1-4H3. The predicted molar refractivity (Wildman–Crippen MR) is 56.2 cm³/mol. The first kappa shape index (κ1) is 13.1. The highest BCUT2D eigenvalue weighted by Crippen LogP contribution is 2.10. The molecule has 0 spiro atoms. The summed E-state index contributed by atoms with van der Waals surface area (Å²) < 4.78 is 10.9. The van der Waals surface area contributed by atoms with E-state index in [1.54, 1.807) is 7.11 Å². The van der Waals surface area contributed by atoms with Crippen LogP contribution in [-0.2, 0) is 9.16 Å². The van der Waals surface area contributed by atoms with E-state index in [0.717, 1.165) is 12.5 Å². The fraction of sp³-hybridized carbons (Fsp3) is 1.00. The van der Waals surface area contributed by atoms with Gasteiger partial charge in [-0.15, -0.1) is 0 Å². The van der Waals surface area contributed by atoms with Crippen molar-refractivity contribution in [3.05, 3.63) is 0 Å². The zero-order valence-electron chi connectivity index (χ0n) is 9.17. The highest BCUT2D eigenvalue weighted by molar-refractivity contribution is 6.72. The van der Waals surface area contributed by atoms with Crippen LogP contribution in [0.5, 0.6) is 0 Å². The second-order valence-electron chi connectivity index (χ2n) is 3.58. The molecule has 0 fully saturated rings. The topological polar surface area (TPSA) is 38.7 Å². The summed E-state index contributed by atoms with van der Waals surface area (Å²) in [6.45, 7) is 6.64. The first-order valence-corrected chi connectivity index (χ1v) is 7.71. The van der Waals surface area contributed by atoms with Crippen LogP contribution in [0, 0.1) is 0 Å². The summed E-state index contributed by atoms with van der Waals surface area (Å²) in [5, 5.41) is 9.25. The largest absolute Gasteiger partial charge is 0.418 e. The Labute approximate surface area is 82.2 Å². The van der Waals surface area contributed by atoms with Gasteiger partial charge >= 0.3 is 0 Å². The van der Waals surface area contributed by atoms with Crippen LogP contribution >= 0.6 is 0 Å². The Morgan fingerprint density at radius 3 is 2.38 bits per heavy atom. The molecule has 0 saturated heterocycles. The van der Waals surface area contributed by atoms with Crippen molar-refractivity contribution in [3.8, 4) is 0 Å². The number of aliphatic hydroxyl groups is 1. The minimum absolute atomic E-state index is 0.327. The molecule has 0 aliphatic heterocycles. The van der Waals surface area contributed by atoms with E-state index in [4.69, 9.17) is 9.16 Å². The molecule has 4 heteroatoms. The van der Waals surface area contributed by atoms with E-state index in [9.17, 15) is 5.11 Å². The first-order chi connectivity index (χ1) is 6.08. The predicted octanol–water partition coefficient (Wildman–Crippen LogP) is 1.55. The van der Waals surface area contributed by atoms with Crippen LogP contribution in [0.25, 0.3) is 0 Å². The van der Waals surface area contributed by atoms with Crippen molar-refractivity contribution in [2.75, 3.05) is 19.9 Å². The average molecular weight is 206 g/mol. The fourth-order valence-corrected chi connectivity index (χ4v) is 1.99. The number of rotatable bonds is 7. The third kappa shape index (κ3) is 5.41. The van der Waals surface area contributed by atoms with Gasteiger partial charge < -0.3 is 14.3 Å². The first-order valence-electron chi connectivity index (χ1n) is 4.89. The van der Waals surface area contributed by atoms with Crippen molar-refractivity contribution in [1.82, 2.24) is 0 Å². The van der Waals surface area contributed by atoms with Crippen LogP contribution in [-0.4, -0.2) is 39.5 Å². The van der Waals surface area contributed by atoms with Gasteiger partial charge in [-0.1, -0.05) is 13.8 Å². The molecule has 0 radical (unpaired) electrons. The van der Waals surface area contributed by atoms with E-state index in [2.05, 4.69) is 13.5 Å². The molecular formula is C9H22O3Si. The van der Waals surface area contributed by atoms with Gasteiger partial charge in [0.15, 0.2) is 0 Å². The molecule has 2 unspecified atom stereocenters. The lowest BCUT2D eigenvalue weighted by Crippen LogP contribution is -2.39. The third-order valence-corrected chi connectivity index (χ3v) is 5.73. The molecule has 80 valence electrons. The summed E-state index contributed by atoms with van der Waals surface area (Å²) in [7, 11) is 0.135. The van der Waals surface area contributed by atoms with Gasteiger partial charge in [-0.25, -0.2) is 0 Å². The van der Waals surface area contributed by atoms with E-state index in [1.807, 2.05) is 6.92 Å². The summed E-state index contributed by atoms with van der Waals surface area (Å²) in [6, 6.07) is 1.05. The Morgan fingerprint density at radius 1 is 1.38 bits per heavy atom. The van der Waals surface area contributed by atoms with Gasteiger partial charge in [-0.3, -0.25) is 0 Å². The maximum Gasteiger partial charge on any atom is 0.214 e. The van der Waals surface area contributed by atoms with Gasteiger partial charge in [0, 0.05) is 7.11 Å². The second kappa shape index (κ2) is 6.54. The van der Waals surface area contributed by atoms with Crippen LogP contribution in [0.15, 0.2) is 0 Å².